The molecule has 2 aliphatic carbocycles. The van der Waals surface area contributed by atoms with Crippen LogP contribution in [0.3, 0.4) is 0 Å². The quantitative estimate of drug-likeness (QED) is 0.700. The summed E-state index contributed by atoms with van der Waals surface area (Å²) in [5, 5.41) is 3.75. The second kappa shape index (κ2) is 7.38. The largest absolute Gasteiger partial charge is 0.310 e. The summed E-state index contributed by atoms with van der Waals surface area (Å²) >= 11 is 0. The summed E-state index contributed by atoms with van der Waals surface area (Å²) in [6, 6.07) is 8.28. The van der Waals surface area contributed by atoms with Gasteiger partial charge in [0.05, 0.1) is 0 Å². The van der Waals surface area contributed by atoms with Gasteiger partial charge in [0.2, 0.25) is 0 Å². The lowest BCUT2D eigenvalue weighted by atomic mass is 9.77. The molecule has 1 N–H and O–H groups in total. The molecule has 0 aromatic heterocycles. The molecule has 1 aliphatic heterocycles. The van der Waals surface area contributed by atoms with Gasteiger partial charge in [0, 0.05) is 6.04 Å². The molecule has 1 heteroatoms. The topological polar surface area (TPSA) is 12.0 Å². The van der Waals surface area contributed by atoms with Crippen molar-refractivity contribution in [2.24, 2.45) is 0 Å². The van der Waals surface area contributed by atoms with Crippen LogP contribution in [0.15, 0.2) is 18.2 Å². The predicted octanol–water partition coefficient (Wildman–Crippen LogP) is 6.21. The third-order valence-corrected chi connectivity index (χ3v) is 6.67. The van der Waals surface area contributed by atoms with Crippen LogP contribution in [0, 0.1) is 0 Å². The van der Waals surface area contributed by atoms with E-state index in [-0.39, 0.29) is 0 Å². The van der Waals surface area contributed by atoms with Gasteiger partial charge in [0.1, 0.15) is 0 Å². The van der Waals surface area contributed by atoms with Crippen molar-refractivity contribution in [1.29, 1.82) is 0 Å². The molecule has 0 amide bonds. The monoisotopic (exact) mass is 311 g/mol. The standard InChI is InChI=1S/C22H33N/c1-3-8-17(9-4-1)19-13-14-20(22-12-7-15-23-22)21(16-19)18-10-5-2-6-11-18/h13-14,16-18,22-23H,1-12,15H2. The lowest BCUT2D eigenvalue weighted by Crippen LogP contribution is -2.18. The van der Waals surface area contributed by atoms with Gasteiger partial charge in [-0.1, -0.05) is 56.7 Å². The van der Waals surface area contributed by atoms with Crippen molar-refractivity contribution < 1.29 is 0 Å². The van der Waals surface area contributed by atoms with Crippen LogP contribution >= 0.6 is 0 Å². The lowest BCUT2D eigenvalue weighted by Gasteiger charge is -2.29. The summed E-state index contributed by atoms with van der Waals surface area (Å²) in [7, 11) is 0. The molecule has 1 aromatic rings. The van der Waals surface area contributed by atoms with E-state index in [1.54, 1.807) is 16.7 Å². The average Bonchev–Trinajstić information content (AvgIpc) is 3.17. The van der Waals surface area contributed by atoms with Crippen molar-refractivity contribution in [1.82, 2.24) is 5.32 Å². The summed E-state index contributed by atoms with van der Waals surface area (Å²) in [5.41, 5.74) is 5.04. The van der Waals surface area contributed by atoms with Gasteiger partial charge < -0.3 is 5.32 Å². The average molecular weight is 312 g/mol. The van der Waals surface area contributed by atoms with Crippen LogP contribution in [0.5, 0.6) is 0 Å². The normalized spacial score (nSPS) is 27.4. The molecule has 3 fully saturated rings. The minimum absolute atomic E-state index is 0.632. The van der Waals surface area contributed by atoms with E-state index in [9.17, 15) is 0 Å². The maximum atomic E-state index is 3.75. The summed E-state index contributed by atoms with van der Waals surface area (Å²) in [5.74, 6) is 1.68. The zero-order valence-corrected chi connectivity index (χ0v) is 14.7. The fraction of sp³-hybridized carbons (Fsp3) is 0.727. The summed E-state index contributed by atoms with van der Waals surface area (Å²) in [6.07, 6.45) is 17.0. The van der Waals surface area contributed by atoms with E-state index in [2.05, 4.69) is 23.5 Å². The molecule has 1 atom stereocenters. The Balaban J connectivity index is 1.64. The molecule has 0 spiro atoms. The van der Waals surface area contributed by atoms with Gasteiger partial charge >= 0.3 is 0 Å². The number of rotatable bonds is 3. The van der Waals surface area contributed by atoms with Gasteiger partial charge in [-0.15, -0.1) is 0 Å². The molecule has 2 saturated carbocycles. The Morgan fingerprint density at radius 2 is 1.35 bits per heavy atom. The Morgan fingerprint density at radius 3 is 2.00 bits per heavy atom. The molecule has 1 aromatic carbocycles. The molecule has 0 radical (unpaired) electrons. The fourth-order valence-corrected chi connectivity index (χ4v) is 5.32. The molecule has 1 unspecified atom stereocenters. The van der Waals surface area contributed by atoms with Gasteiger partial charge in [-0.3, -0.25) is 0 Å². The van der Waals surface area contributed by atoms with Crippen LogP contribution in [-0.2, 0) is 0 Å². The Bertz CT molecular complexity index is 503. The zero-order valence-electron chi connectivity index (χ0n) is 14.7. The highest BCUT2D eigenvalue weighted by atomic mass is 14.9. The second-order valence-electron chi connectivity index (χ2n) is 8.21. The smallest absolute Gasteiger partial charge is 0.0323 e. The van der Waals surface area contributed by atoms with E-state index < -0.39 is 0 Å². The van der Waals surface area contributed by atoms with E-state index in [4.69, 9.17) is 0 Å². The van der Waals surface area contributed by atoms with Crippen molar-refractivity contribution in [2.45, 2.75) is 94.9 Å². The van der Waals surface area contributed by atoms with Crippen LogP contribution < -0.4 is 5.32 Å². The van der Waals surface area contributed by atoms with Crippen molar-refractivity contribution in [2.75, 3.05) is 6.54 Å². The molecular formula is C22H33N. The lowest BCUT2D eigenvalue weighted by molar-refractivity contribution is 0.431. The highest BCUT2D eigenvalue weighted by Crippen LogP contribution is 2.41. The maximum Gasteiger partial charge on any atom is 0.0323 e. The van der Waals surface area contributed by atoms with Gasteiger partial charge in [-0.05, 0) is 73.6 Å². The van der Waals surface area contributed by atoms with Crippen molar-refractivity contribution >= 4 is 0 Å². The third kappa shape index (κ3) is 3.50. The minimum Gasteiger partial charge on any atom is -0.310 e. The van der Waals surface area contributed by atoms with Gasteiger partial charge in [-0.25, -0.2) is 0 Å². The Hall–Kier alpha value is -0.820. The van der Waals surface area contributed by atoms with Crippen LogP contribution in [0.4, 0.5) is 0 Å². The first-order chi connectivity index (χ1) is 11.4. The molecule has 1 nitrogen and oxygen atoms in total. The highest BCUT2D eigenvalue weighted by molar-refractivity contribution is 5.39. The Morgan fingerprint density at radius 1 is 0.652 bits per heavy atom. The molecule has 126 valence electrons. The zero-order chi connectivity index (χ0) is 15.5. The number of hydrogen-bond donors (Lipinski definition) is 1. The predicted molar refractivity (Wildman–Crippen MR) is 98.1 cm³/mol. The van der Waals surface area contributed by atoms with Crippen molar-refractivity contribution in [3.8, 4) is 0 Å². The molecule has 4 rings (SSSR count). The first-order valence-corrected chi connectivity index (χ1v) is 10.3. The van der Waals surface area contributed by atoms with Crippen LogP contribution in [0.25, 0.3) is 0 Å². The van der Waals surface area contributed by atoms with Crippen LogP contribution in [0.2, 0.25) is 0 Å². The van der Waals surface area contributed by atoms with E-state index >= 15 is 0 Å². The minimum atomic E-state index is 0.632. The summed E-state index contributed by atoms with van der Waals surface area (Å²) < 4.78 is 0. The maximum absolute atomic E-state index is 3.75. The number of benzene rings is 1. The second-order valence-corrected chi connectivity index (χ2v) is 8.21. The molecule has 3 aliphatic rings. The van der Waals surface area contributed by atoms with E-state index in [1.807, 2.05) is 0 Å². The van der Waals surface area contributed by atoms with E-state index in [0.717, 1.165) is 11.8 Å². The van der Waals surface area contributed by atoms with E-state index in [1.165, 1.54) is 83.6 Å². The fourth-order valence-electron chi connectivity index (χ4n) is 5.32. The van der Waals surface area contributed by atoms with Gasteiger partial charge in [0.15, 0.2) is 0 Å². The molecule has 1 heterocycles. The number of hydrogen-bond acceptors (Lipinski definition) is 1. The molecule has 0 bridgehead atoms. The third-order valence-electron chi connectivity index (χ3n) is 6.67. The Labute approximate surface area is 142 Å². The van der Waals surface area contributed by atoms with Crippen molar-refractivity contribution in [3.63, 3.8) is 0 Å². The Kier molecular flexibility index (Phi) is 5.04. The molecule has 1 saturated heterocycles. The first-order valence-electron chi connectivity index (χ1n) is 10.3. The SMILES string of the molecule is c1cc(C2CCCN2)c(C2CCCCC2)cc1C1CCCCC1. The molecular weight excluding hydrogens is 278 g/mol. The first kappa shape index (κ1) is 15.7. The van der Waals surface area contributed by atoms with Crippen molar-refractivity contribution in [3.05, 3.63) is 34.9 Å². The summed E-state index contributed by atoms with van der Waals surface area (Å²) in [4.78, 5) is 0. The molecule has 23 heavy (non-hydrogen) atoms. The van der Waals surface area contributed by atoms with Gasteiger partial charge in [-0.2, -0.15) is 0 Å². The van der Waals surface area contributed by atoms with Crippen LogP contribution in [-0.4, -0.2) is 6.54 Å². The van der Waals surface area contributed by atoms with E-state index in [0.29, 0.717) is 6.04 Å². The highest BCUT2D eigenvalue weighted by Gasteiger charge is 2.26. The van der Waals surface area contributed by atoms with Gasteiger partial charge in [0.25, 0.3) is 0 Å². The van der Waals surface area contributed by atoms with Crippen LogP contribution in [0.1, 0.15) is 112 Å². The number of nitrogens with one attached hydrogen (secondary N) is 1. The summed E-state index contributed by atoms with van der Waals surface area (Å²) in [6.45, 7) is 1.21.